The number of benzene rings is 2. The van der Waals surface area contributed by atoms with E-state index in [1.165, 1.54) is 0 Å². The lowest BCUT2D eigenvalue weighted by molar-refractivity contribution is -0.127. The van der Waals surface area contributed by atoms with Crippen LogP contribution >= 0.6 is 0 Å². The molecule has 1 aliphatic rings. The van der Waals surface area contributed by atoms with Gasteiger partial charge in [0, 0.05) is 31.7 Å². The van der Waals surface area contributed by atoms with E-state index in [1.807, 2.05) is 47.4 Å². The Bertz CT molecular complexity index is 713. The average molecular weight is 337 g/mol. The Kier molecular flexibility index (Phi) is 5.67. The molecule has 2 N–H and O–H groups in total. The van der Waals surface area contributed by atoms with Crippen LogP contribution < -0.4 is 10.6 Å². The zero-order valence-corrected chi connectivity index (χ0v) is 14.2. The van der Waals surface area contributed by atoms with Crippen LogP contribution in [0.2, 0.25) is 0 Å². The summed E-state index contributed by atoms with van der Waals surface area (Å²) in [7, 11) is 0. The number of hydrogen-bond donors (Lipinski definition) is 2. The van der Waals surface area contributed by atoms with Crippen molar-refractivity contribution in [2.45, 2.75) is 19.3 Å². The summed E-state index contributed by atoms with van der Waals surface area (Å²) >= 11 is 0. The lowest BCUT2D eigenvalue weighted by Gasteiger charge is -2.15. The molecule has 3 rings (SSSR count). The molecular weight excluding hydrogens is 314 g/mol. The predicted molar refractivity (Wildman–Crippen MR) is 99.3 cm³/mol. The van der Waals surface area contributed by atoms with Crippen LogP contribution in [0.25, 0.3) is 11.1 Å². The number of anilines is 1. The molecule has 0 spiro atoms. The fourth-order valence-corrected chi connectivity index (χ4v) is 2.96. The largest absolute Gasteiger partial charge is 0.343 e. The van der Waals surface area contributed by atoms with E-state index in [4.69, 9.17) is 0 Å². The fraction of sp³-hybridized carbons (Fsp3) is 0.300. The smallest absolute Gasteiger partial charge is 0.319 e. The molecule has 130 valence electrons. The molecule has 5 nitrogen and oxygen atoms in total. The van der Waals surface area contributed by atoms with Gasteiger partial charge in [-0.25, -0.2) is 4.79 Å². The molecule has 1 fully saturated rings. The summed E-state index contributed by atoms with van der Waals surface area (Å²) in [6.45, 7) is 2.11. The van der Waals surface area contributed by atoms with Gasteiger partial charge in [-0.05, 0) is 36.1 Å². The maximum Gasteiger partial charge on any atom is 0.319 e. The number of carbonyl (C=O) groups is 2. The Hall–Kier alpha value is -2.82. The second-order valence-corrected chi connectivity index (χ2v) is 6.16. The summed E-state index contributed by atoms with van der Waals surface area (Å²) in [5.74, 6) is 0.225. The summed E-state index contributed by atoms with van der Waals surface area (Å²) in [4.78, 5) is 25.3. The average Bonchev–Trinajstić information content (AvgIpc) is 3.05. The van der Waals surface area contributed by atoms with E-state index in [2.05, 4.69) is 22.8 Å². The van der Waals surface area contributed by atoms with Crippen molar-refractivity contribution in [2.24, 2.45) is 0 Å². The summed E-state index contributed by atoms with van der Waals surface area (Å²) in [6, 6.07) is 17.7. The topological polar surface area (TPSA) is 61.4 Å². The molecule has 0 radical (unpaired) electrons. The SMILES string of the molecule is O=C(NCCCN1CCCC1=O)Nc1ccc(-c2ccccc2)cc1. The Labute approximate surface area is 148 Å². The first-order valence-corrected chi connectivity index (χ1v) is 8.70. The van der Waals surface area contributed by atoms with E-state index in [9.17, 15) is 9.59 Å². The quantitative estimate of drug-likeness (QED) is 0.793. The van der Waals surface area contributed by atoms with Crippen LogP contribution in [-0.2, 0) is 4.79 Å². The van der Waals surface area contributed by atoms with Crippen LogP contribution in [-0.4, -0.2) is 36.5 Å². The number of nitrogens with zero attached hydrogens (tertiary/aromatic N) is 1. The highest BCUT2D eigenvalue weighted by Gasteiger charge is 2.18. The number of nitrogens with one attached hydrogen (secondary N) is 2. The number of likely N-dealkylation sites (tertiary alicyclic amines) is 1. The number of carbonyl (C=O) groups excluding carboxylic acids is 2. The molecule has 0 aromatic heterocycles. The first-order valence-electron chi connectivity index (χ1n) is 8.70. The lowest BCUT2D eigenvalue weighted by atomic mass is 10.1. The van der Waals surface area contributed by atoms with Crippen LogP contribution in [0.5, 0.6) is 0 Å². The van der Waals surface area contributed by atoms with Gasteiger partial charge in [-0.15, -0.1) is 0 Å². The molecule has 0 bridgehead atoms. The number of rotatable bonds is 6. The summed E-state index contributed by atoms with van der Waals surface area (Å²) in [5.41, 5.74) is 3.02. The third kappa shape index (κ3) is 4.83. The van der Waals surface area contributed by atoms with Crippen LogP contribution in [0.4, 0.5) is 10.5 Å². The maximum absolute atomic E-state index is 11.9. The van der Waals surface area contributed by atoms with E-state index >= 15 is 0 Å². The van der Waals surface area contributed by atoms with Gasteiger partial charge in [0.1, 0.15) is 0 Å². The normalized spacial score (nSPS) is 13.8. The summed E-state index contributed by atoms with van der Waals surface area (Å²) < 4.78 is 0. The second-order valence-electron chi connectivity index (χ2n) is 6.16. The molecule has 2 aromatic carbocycles. The van der Waals surface area contributed by atoms with Crippen LogP contribution in [0, 0.1) is 0 Å². The van der Waals surface area contributed by atoms with Crippen molar-refractivity contribution in [2.75, 3.05) is 25.0 Å². The first-order chi connectivity index (χ1) is 12.2. The Morgan fingerprint density at radius 2 is 1.72 bits per heavy atom. The first kappa shape index (κ1) is 17.0. The van der Waals surface area contributed by atoms with Crippen molar-refractivity contribution in [3.05, 3.63) is 54.6 Å². The van der Waals surface area contributed by atoms with Crippen molar-refractivity contribution in [3.63, 3.8) is 0 Å². The highest BCUT2D eigenvalue weighted by molar-refractivity contribution is 5.89. The zero-order chi connectivity index (χ0) is 17.5. The van der Waals surface area contributed by atoms with Crippen LogP contribution in [0.3, 0.4) is 0 Å². The van der Waals surface area contributed by atoms with E-state index in [-0.39, 0.29) is 11.9 Å². The molecule has 25 heavy (non-hydrogen) atoms. The van der Waals surface area contributed by atoms with Crippen molar-refractivity contribution in [1.82, 2.24) is 10.2 Å². The van der Waals surface area contributed by atoms with E-state index < -0.39 is 0 Å². The molecule has 5 heteroatoms. The molecule has 3 amide bonds. The van der Waals surface area contributed by atoms with Crippen molar-refractivity contribution >= 4 is 17.6 Å². The van der Waals surface area contributed by atoms with Crippen LogP contribution in [0.1, 0.15) is 19.3 Å². The molecular formula is C20H23N3O2. The van der Waals surface area contributed by atoms with E-state index in [1.54, 1.807) is 0 Å². The minimum Gasteiger partial charge on any atom is -0.343 e. The third-order valence-electron chi connectivity index (χ3n) is 4.31. The van der Waals surface area contributed by atoms with Gasteiger partial charge in [-0.3, -0.25) is 4.79 Å². The third-order valence-corrected chi connectivity index (χ3v) is 4.31. The highest BCUT2D eigenvalue weighted by Crippen LogP contribution is 2.20. The van der Waals surface area contributed by atoms with Gasteiger partial charge in [0.25, 0.3) is 0 Å². The maximum atomic E-state index is 11.9. The van der Waals surface area contributed by atoms with Gasteiger partial charge in [-0.1, -0.05) is 42.5 Å². The molecule has 2 aromatic rings. The fourth-order valence-electron chi connectivity index (χ4n) is 2.96. The highest BCUT2D eigenvalue weighted by atomic mass is 16.2. The molecule has 0 atom stereocenters. The second kappa shape index (κ2) is 8.33. The Morgan fingerprint density at radius 3 is 2.40 bits per heavy atom. The molecule has 0 unspecified atom stereocenters. The minimum absolute atomic E-state index is 0.222. The zero-order valence-electron chi connectivity index (χ0n) is 14.2. The van der Waals surface area contributed by atoms with Crippen molar-refractivity contribution in [1.29, 1.82) is 0 Å². The number of hydrogen-bond acceptors (Lipinski definition) is 2. The van der Waals surface area contributed by atoms with Gasteiger partial charge >= 0.3 is 6.03 Å². The molecule has 0 saturated carbocycles. The van der Waals surface area contributed by atoms with Crippen molar-refractivity contribution < 1.29 is 9.59 Å². The van der Waals surface area contributed by atoms with Gasteiger partial charge in [-0.2, -0.15) is 0 Å². The standard InChI is InChI=1S/C20H23N3O2/c24-19-8-4-14-23(19)15-5-13-21-20(25)22-18-11-9-17(10-12-18)16-6-2-1-3-7-16/h1-3,6-7,9-12H,4-5,8,13-15H2,(H2,21,22,25). The Balaban J connectivity index is 1.41. The lowest BCUT2D eigenvalue weighted by Crippen LogP contribution is -2.32. The summed E-state index contributed by atoms with van der Waals surface area (Å²) in [5, 5.41) is 5.66. The molecule has 0 aliphatic carbocycles. The van der Waals surface area contributed by atoms with Gasteiger partial charge < -0.3 is 15.5 Å². The predicted octanol–water partition coefficient (Wildman–Crippen LogP) is 3.49. The van der Waals surface area contributed by atoms with Gasteiger partial charge in [0.05, 0.1) is 0 Å². The van der Waals surface area contributed by atoms with E-state index in [0.717, 1.165) is 36.2 Å². The number of urea groups is 1. The molecule has 1 aliphatic heterocycles. The summed E-state index contributed by atoms with van der Waals surface area (Å²) in [6.07, 6.45) is 2.38. The van der Waals surface area contributed by atoms with Gasteiger partial charge in [0.2, 0.25) is 5.91 Å². The number of amides is 3. The molecule has 1 saturated heterocycles. The molecule has 1 heterocycles. The Morgan fingerprint density at radius 1 is 1.00 bits per heavy atom. The van der Waals surface area contributed by atoms with Crippen LogP contribution in [0.15, 0.2) is 54.6 Å². The minimum atomic E-state index is -0.222. The van der Waals surface area contributed by atoms with Gasteiger partial charge in [0.15, 0.2) is 0 Å². The monoisotopic (exact) mass is 337 g/mol. The van der Waals surface area contributed by atoms with E-state index in [0.29, 0.717) is 19.5 Å². The van der Waals surface area contributed by atoms with Crippen molar-refractivity contribution in [3.8, 4) is 11.1 Å².